The van der Waals surface area contributed by atoms with Crippen LogP contribution in [0.2, 0.25) is 0 Å². The highest BCUT2D eigenvalue weighted by molar-refractivity contribution is 9.10. The van der Waals surface area contributed by atoms with E-state index in [4.69, 9.17) is 0 Å². The van der Waals surface area contributed by atoms with Crippen molar-refractivity contribution in [2.75, 3.05) is 0 Å². The van der Waals surface area contributed by atoms with E-state index in [0.717, 1.165) is 33.3 Å². The summed E-state index contributed by atoms with van der Waals surface area (Å²) in [6.45, 7) is 3.88. The number of amides is 1. The van der Waals surface area contributed by atoms with E-state index in [2.05, 4.69) is 31.4 Å². The maximum atomic E-state index is 13.4. The molecule has 0 fully saturated rings. The van der Waals surface area contributed by atoms with Gasteiger partial charge in [-0.25, -0.2) is 0 Å². The first-order valence-electron chi connectivity index (χ1n) is 11.0. The molecule has 4 aromatic rings. The van der Waals surface area contributed by atoms with Gasteiger partial charge in [-0.3, -0.25) is 9.36 Å². The first-order valence-corrected chi connectivity index (χ1v) is 12.7. The zero-order valence-electron chi connectivity index (χ0n) is 19.4. The third-order valence-corrected chi connectivity index (χ3v) is 7.12. The van der Waals surface area contributed by atoms with Crippen molar-refractivity contribution in [2.45, 2.75) is 37.5 Å². The van der Waals surface area contributed by atoms with Crippen LogP contribution in [-0.4, -0.2) is 20.7 Å². The number of aromatic nitrogens is 3. The van der Waals surface area contributed by atoms with E-state index in [1.54, 1.807) is 22.8 Å². The smallest absolute Gasteiger partial charge is 0.345 e. The van der Waals surface area contributed by atoms with Crippen molar-refractivity contribution < 1.29 is 18.0 Å². The van der Waals surface area contributed by atoms with Crippen LogP contribution in [0.1, 0.15) is 38.4 Å². The van der Waals surface area contributed by atoms with Crippen LogP contribution < -0.4 is 5.32 Å². The largest absolute Gasteiger partial charge is 0.416 e. The number of nitrogens with zero attached hydrogens (tertiary/aromatic N) is 3. The number of nitrogens with one attached hydrogen (secondary N) is 1. The number of carbonyl (C=O) groups is 1. The number of rotatable bonds is 7. The average Bonchev–Trinajstić information content (AvgIpc) is 3.26. The first kappa shape index (κ1) is 26.0. The molecular formula is C26H22BrF3N4OS. The van der Waals surface area contributed by atoms with Crippen molar-refractivity contribution in [2.24, 2.45) is 0 Å². The molecule has 1 N–H and O–H groups in total. The Kier molecular flexibility index (Phi) is 7.85. The van der Waals surface area contributed by atoms with Crippen LogP contribution >= 0.6 is 27.7 Å². The highest BCUT2D eigenvalue weighted by Crippen LogP contribution is 2.32. The third-order valence-electron chi connectivity index (χ3n) is 5.59. The summed E-state index contributed by atoms with van der Waals surface area (Å²) in [6.07, 6.45) is -4.49. The monoisotopic (exact) mass is 574 g/mol. The Morgan fingerprint density at radius 1 is 1.00 bits per heavy atom. The zero-order valence-corrected chi connectivity index (χ0v) is 21.8. The molecule has 0 aliphatic heterocycles. The van der Waals surface area contributed by atoms with Gasteiger partial charge in [-0.15, -0.1) is 10.2 Å². The minimum Gasteiger partial charge on any atom is -0.345 e. The summed E-state index contributed by atoms with van der Waals surface area (Å²) >= 11 is 4.75. The number of carbonyl (C=O) groups excluding carboxylic acids is 1. The number of benzene rings is 3. The van der Waals surface area contributed by atoms with E-state index in [9.17, 15) is 18.0 Å². The van der Waals surface area contributed by atoms with Crippen molar-refractivity contribution >= 4 is 33.6 Å². The van der Waals surface area contributed by atoms with Gasteiger partial charge in [0.15, 0.2) is 11.0 Å². The number of hydrogen-bond donors (Lipinski definition) is 1. The summed E-state index contributed by atoms with van der Waals surface area (Å²) in [5.74, 6) is 0.560. The van der Waals surface area contributed by atoms with Crippen LogP contribution in [0.3, 0.4) is 0 Å². The lowest BCUT2D eigenvalue weighted by atomic mass is 10.1. The van der Waals surface area contributed by atoms with Crippen molar-refractivity contribution in [1.82, 2.24) is 20.1 Å². The standard InChI is InChI=1S/C26H22BrF3N4OS/c1-16-6-9-19(12-17(16)2)24(35)31-14-23-32-33-25(36-15-18-7-10-21(27)11-8-18)34(23)22-5-3-4-20(13-22)26(28,29)30/h3-13H,14-15H2,1-2H3,(H,31,35). The van der Waals surface area contributed by atoms with Gasteiger partial charge >= 0.3 is 6.18 Å². The molecule has 1 aromatic heterocycles. The van der Waals surface area contributed by atoms with E-state index >= 15 is 0 Å². The molecule has 3 aromatic carbocycles. The van der Waals surface area contributed by atoms with Gasteiger partial charge in [0.05, 0.1) is 17.8 Å². The lowest BCUT2D eigenvalue weighted by Crippen LogP contribution is -2.25. The van der Waals surface area contributed by atoms with Gasteiger partial charge in [0, 0.05) is 15.8 Å². The van der Waals surface area contributed by atoms with E-state index in [-0.39, 0.29) is 18.1 Å². The van der Waals surface area contributed by atoms with Crippen LogP contribution in [0.25, 0.3) is 5.69 Å². The Morgan fingerprint density at radius 3 is 2.44 bits per heavy atom. The number of alkyl halides is 3. The second kappa shape index (κ2) is 10.9. The molecule has 0 saturated heterocycles. The van der Waals surface area contributed by atoms with Crippen LogP contribution in [0, 0.1) is 13.8 Å². The molecule has 5 nitrogen and oxygen atoms in total. The van der Waals surface area contributed by atoms with E-state index < -0.39 is 11.7 Å². The van der Waals surface area contributed by atoms with Gasteiger partial charge in [0.2, 0.25) is 0 Å². The molecule has 0 unspecified atom stereocenters. The van der Waals surface area contributed by atoms with Gasteiger partial charge in [-0.1, -0.05) is 52.0 Å². The molecule has 0 spiro atoms. The first-order chi connectivity index (χ1) is 17.1. The van der Waals surface area contributed by atoms with Gasteiger partial charge in [-0.2, -0.15) is 13.2 Å². The average molecular weight is 575 g/mol. The van der Waals surface area contributed by atoms with E-state index in [1.165, 1.54) is 17.8 Å². The van der Waals surface area contributed by atoms with Gasteiger partial charge in [0.25, 0.3) is 5.91 Å². The minimum atomic E-state index is -4.49. The lowest BCUT2D eigenvalue weighted by Gasteiger charge is -2.14. The molecule has 0 bridgehead atoms. The van der Waals surface area contributed by atoms with Crippen LogP contribution in [0.4, 0.5) is 13.2 Å². The third kappa shape index (κ3) is 6.17. The Morgan fingerprint density at radius 2 is 1.75 bits per heavy atom. The lowest BCUT2D eigenvalue weighted by molar-refractivity contribution is -0.137. The molecule has 186 valence electrons. The van der Waals surface area contributed by atoms with Crippen LogP contribution in [-0.2, 0) is 18.5 Å². The Labute approximate surface area is 219 Å². The number of halogens is 4. The highest BCUT2D eigenvalue weighted by Gasteiger charge is 2.31. The Balaban J connectivity index is 1.62. The number of hydrogen-bond acceptors (Lipinski definition) is 4. The van der Waals surface area contributed by atoms with Gasteiger partial charge < -0.3 is 5.32 Å². The summed E-state index contributed by atoms with van der Waals surface area (Å²) in [4.78, 5) is 12.7. The van der Waals surface area contributed by atoms with Gasteiger partial charge in [-0.05, 0) is 73.0 Å². The van der Waals surface area contributed by atoms with Crippen molar-refractivity contribution in [3.63, 3.8) is 0 Å². The predicted molar refractivity (Wildman–Crippen MR) is 137 cm³/mol. The van der Waals surface area contributed by atoms with Crippen LogP contribution in [0.5, 0.6) is 0 Å². The van der Waals surface area contributed by atoms with E-state index in [0.29, 0.717) is 22.3 Å². The fraction of sp³-hybridized carbons (Fsp3) is 0.192. The fourth-order valence-corrected chi connectivity index (χ4v) is 4.65. The minimum absolute atomic E-state index is 0.00610. The second-order valence-corrected chi connectivity index (χ2v) is 10.0. The Bertz CT molecular complexity index is 1390. The molecule has 0 aliphatic carbocycles. The normalized spacial score (nSPS) is 11.5. The molecule has 0 saturated carbocycles. The molecule has 0 aliphatic rings. The Hall–Kier alpha value is -3.11. The molecular weight excluding hydrogens is 553 g/mol. The maximum absolute atomic E-state index is 13.4. The summed E-state index contributed by atoms with van der Waals surface area (Å²) in [7, 11) is 0. The molecule has 0 radical (unpaired) electrons. The maximum Gasteiger partial charge on any atom is 0.416 e. The fourth-order valence-electron chi connectivity index (χ4n) is 3.46. The SMILES string of the molecule is Cc1ccc(C(=O)NCc2nnc(SCc3ccc(Br)cc3)n2-c2cccc(C(F)(F)F)c2)cc1C. The summed E-state index contributed by atoms with van der Waals surface area (Å²) in [5, 5.41) is 11.7. The quantitative estimate of drug-likeness (QED) is 0.244. The van der Waals surface area contributed by atoms with Crippen LogP contribution in [0.15, 0.2) is 76.4 Å². The van der Waals surface area contributed by atoms with Crippen molar-refractivity contribution in [1.29, 1.82) is 0 Å². The molecule has 4 rings (SSSR count). The predicted octanol–water partition coefficient (Wildman–Crippen LogP) is 6.89. The molecule has 0 atom stereocenters. The summed E-state index contributed by atoms with van der Waals surface area (Å²) in [5.41, 5.74) is 3.07. The zero-order chi connectivity index (χ0) is 25.9. The molecule has 36 heavy (non-hydrogen) atoms. The number of aryl methyl sites for hydroxylation is 2. The van der Waals surface area contributed by atoms with Crippen molar-refractivity contribution in [3.8, 4) is 5.69 Å². The van der Waals surface area contributed by atoms with Crippen molar-refractivity contribution in [3.05, 3.63) is 105 Å². The molecule has 1 amide bonds. The highest BCUT2D eigenvalue weighted by atomic mass is 79.9. The second-order valence-electron chi connectivity index (χ2n) is 8.18. The summed E-state index contributed by atoms with van der Waals surface area (Å²) < 4.78 is 42.7. The topological polar surface area (TPSA) is 59.8 Å². The van der Waals surface area contributed by atoms with Gasteiger partial charge in [0.1, 0.15) is 0 Å². The van der Waals surface area contributed by atoms with E-state index in [1.807, 2.05) is 44.2 Å². The summed E-state index contributed by atoms with van der Waals surface area (Å²) in [6, 6.07) is 18.1. The molecule has 10 heteroatoms. The number of thioether (sulfide) groups is 1. The molecule has 1 heterocycles.